The van der Waals surface area contributed by atoms with E-state index < -0.39 is 5.82 Å². The number of fused-ring (bicyclic) bond motifs is 1. The zero-order valence-corrected chi connectivity index (χ0v) is 9.50. The Morgan fingerprint density at radius 2 is 2.11 bits per heavy atom. The van der Waals surface area contributed by atoms with E-state index in [4.69, 9.17) is 0 Å². The summed E-state index contributed by atoms with van der Waals surface area (Å²) in [6.45, 7) is 0. The van der Waals surface area contributed by atoms with Crippen molar-refractivity contribution in [2.75, 3.05) is 0 Å². The summed E-state index contributed by atoms with van der Waals surface area (Å²) < 4.78 is 13.2. The van der Waals surface area contributed by atoms with Crippen molar-refractivity contribution in [1.82, 2.24) is 10.3 Å². The number of halogens is 1. The fourth-order valence-electron chi connectivity index (χ4n) is 1.90. The Kier molecular flexibility index (Phi) is 2.40. The van der Waals surface area contributed by atoms with Crippen LogP contribution in [0.1, 0.15) is 23.2 Å². The molecule has 3 rings (SSSR count). The number of hydrogen-bond donors (Lipinski definition) is 2. The minimum absolute atomic E-state index is 0.195. The number of aromatic amines is 1. The third-order valence-electron chi connectivity index (χ3n) is 2.96. The van der Waals surface area contributed by atoms with E-state index in [9.17, 15) is 14.0 Å². The molecule has 0 aliphatic heterocycles. The largest absolute Gasteiger partial charge is 0.349 e. The maximum atomic E-state index is 13.2. The smallest absolute Gasteiger partial charge is 0.252 e. The highest BCUT2D eigenvalue weighted by Gasteiger charge is 2.24. The van der Waals surface area contributed by atoms with Crippen LogP contribution < -0.4 is 10.9 Å². The molecule has 92 valence electrons. The van der Waals surface area contributed by atoms with Gasteiger partial charge in [0, 0.05) is 23.0 Å². The first-order valence-corrected chi connectivity index (χ1v) is 5.77. The lowest BCUT2D eigenvalue weighted by Gasteiger charge is -2.06. The second-order valence-corrected chi connectivity index (χ2v) is 4.48. The van der Waals surface area contributed by atoms with E-state index in [0.717, 1.165) is 12.8 Å². The summed E-state index contributed by atoms with van der Waals surface area (Å²) in [5, 5.41) is 3.22. The fraction of sp³-hybridized carbons (Fsp3) is 0.231. The van der Waals surface area contributed by atoms with E-state index in [-0.39, 0.29) is 23.1 Å². The third kappa shape index (κ3) is 1.99. The molecule has 1 aromatic heterocycles. The number of carbonyl (C=O) groups excluding carboxylic acids is 1. The molecule has 1 aliphatic carbocycles. The van der Waals surface area contributed by atoms with Crippen molar-refractivity contribution in [3.63, 3.8) is 0 Å². The summed E-state index contributed by atoms with van der Waals surface area (Å²) >= 11 is 0. The first-order chi connectivity index (χ1) is 8.63. The minimum Gasteiger partial charge on any atom is -0.349 e. The van der Waals surface area contributed by atoms with Gasteiger partial charge in [-0.3, -0.25) is 9.59 Å². The molecule has 4 nitrogen and oxygen atoms in total. The number of hydrogen-bond acceptors (Lipinski definition) is 2. The van der Waals surface area contributed by atoms with Gasteiger partial charge in [0.15, 0.2) is 0 Å². The molecule has 18 heavy (non-hydrogen) atoms. The summed E-state index contributed by atoms with van der Waals surface area (Å²) in [6.07, 6.45) is 1.92. The van der Waals surface area contributed by atoms with Gasteiger partial charge in [0.25, 0.3) is 5.91 Å². The van der Waals surface area contributed by atoms with Gasteiger partial charge in [-0.15, -0.1) is 0 Å². The number of H-pyrrole nitrogens is 1. The summed E-state index contributed by atoms with van der Waals surface area (Å²) in [4.78, 5) is 26.0. The van der Waals surface area contributed by atoms with E-state index >= 15 is 0 Å². The molecule has 1 saturated carbocycles. The van der Waals surface area contributed by atoms with E-state index in [0.29, 0.717) is 10.9 Å². The Hall–Kier alpha value is -2.17. The maximum absolute atomic E-state index is 13.2. The molecule has 0 atom stereocenters. The highest BCUT2D eigenvalue weighted by molar-refractivity contribution is 6.06. The van der Waals surface area contributed by atoms with Gasteiger partial charge in [0.05, 0.1) is 5.56 Å². The van der Waals surface area contributed by atoms with Gasteiger partial charge in [0.2, 0.25) is 5.56 Å². The summed E-state index contributed by atoms with van der Waals surface area (Å²) in [5.74, 6) is -0.755. The van der Waals surface area contributed by atoms with Crippen LogP contribution in [0.4, 0.5) is 4.39 Å². The number of carbonyl (C=O) groups is 1. The van der Waals surface area contributed by atoms with Crippen molar-refractivity contribution in [2.24, 2.45) is 0 Å². The summed E-state index contributed by atoms with van der Waals surface area (Å²) in [5.41, 5.74) is 0.319. The molecule has 0 radical (unpaired) electrons. The molecule has 5 heteroatoms. The predicted molar refractivity (Wildman–Crippen MR) is 65.0 cm³/mol. The van der Waals surface area contributed by atoms with Crippen LogP contribution >= 0.6 is 0 Å². The molecule has 0 spiro atoms. The molecular weight excluding hydrogens is 235 g/mol. The van der Waals surface area contributed by atoms with E-state index in [1.165, 1.54) is 24.3 Å². The Balaban J connectivity index is 2.15. The summed E-state index contributed by atoms with van der Waals surface area (Å²) in [6, 6.07) is 5.37. The van der Waals surface area contributed by atoms with Crippen LogP contribution in [0.3, 0.4) is 0 Å². The van der Waals surface area contributed by atoms with Gasteiger partial charge in [-0.2, -0.15) is 0 Å². The third-order valence-corrected chi connectivity index (χ3v) is 2.96. The topological polar surface area (TPSA) is 62.0 Å². The number of rotatable bonds is 2. The molecule has 1 heterocycles. The Labute approximate surface area is 102 Å². The zero-order valence-electron chi connectivity index (χ0n) is 9.50. The molecule has 1 aromatic carbocycles. The molecule has 2 N–H and O–H groups in total. The van der Waals surface area contributed by atoms with Crippen molar-refractivity contribution in [3.05, 3.63) is 46.0 Å². The second kappa shape index (κ2) is 3.94. The van der Waals surface area contributed by atoms with Crippen LogP contribution in [0, 0.1) is 5.82 Å². The average molecular weight is 246 g/mol. The van der Waals surface area contributed by atoms with Gasteiger partial charge in [-0.25, -0.2) is 4.39 Å². The highest BCUT2D eigenvalue weighted by atomic mass is 19.1. The number of amides is 1. The lowest BCUT2D eigenvalue weighted by molar-refractivity contribution is 0.0952. The maximum Gasteiger partial charge on any atom is 0.252 e. The van der Waals surface area contributed by atoms with Crippen molar-refractivity contribution >= 4 is 16.8 Å². The van der Waals surface area contributed by atoms with E-state index in [1.807, 2.05) is 0 Å². The Morgan fingerprint density at radius 1 is 1.33 bits per heavy atom. The van der Waals surface area contributed by atoms with Gasteiger partial charge in [-0.05, 0) is 31.0 Å². The zero-order chi connectivity index (χ0) is 12.7. The summed E-state index contributed by atoms with van der Waals surface area (Å²) in [7, 11) is 0. The molecule has 0 saturated heterocycles. The van der Waals surface area contributed by atoms with Crippen LogP contribution in [0.2, 0.25) is 0 Å². The van der Waals surface area contributed by atoms with Crippen molar-refractivity contribution in [1.29, 1.82) is 0 Å². The van der Waals surface area contributed by atoms with Crippen molar-refractivity contribution in [2.45, 2.75) is 18.9 Å². The first-order valence-electron chi connectivity index (χ1n) is 5.77. The fourth-order valence-corrected chi connectivity index (χ4v) is 1.90. The number of aromatic nitrogens is 1. The van der Waals surface area contributed by atoms with Crippen LogP contribution in [-0.4, -0.2) is 16.9 Å². The Bertz CT molecular complexity index is 689. The van der Waals surface area contributed by atoms with Crippen LogP contribution in [0.15, 0.2) is 29.1 Å². The number of benzene rings is 1. The van der Waals surface area contributed by atoms with Crippen LogP contribution in [0.5, 0.6) is 0 Å². The SMILES string of the molecule is O=C(NC1CC1)c1cc(=O)[nH]c2ccc(F)cc12. The first kappa shape index (κ1) is 11.0. The molecular formula is C13H11FN2O2. The Morgan fingerprint density at radius 3 is 2.83 bits per heavy atom. The average Bonchev–Trinajstić information content (AvgIpc) is 3.12. The van der Waals surface area contributed by atoms with Gasteiger partial charge < -0.3 is 10.3 Å². The van der Waals surface area contributed by atoms with E-state index in [1.54, 1.807) is 0 Å². The van der Waals surface area contributed by atoms with Gasteiger partial charge in [0.1, 0.15) is 5.82 Å². The van der Waals surface area contributed by atoms with Crippen LogP contribution in [0.25, 0.3) is 10.9 Å². The minimum atomic E-state index is -0.435. The molecule has 1 fully saturated rings. The molecule has 1 aliphatic rings. The lowest BCUT2D eigenvalue weighted by Crippen LogP contribution is -2.27. The molecule has 0 bridgehead atoms. The highest BCUT2D eigenvalue weighted by Crippen LogP contribution is 2.21. The number of nitrogens with one attached hydrogen (secondary N) is 2. The predicted octanol–water partition coefficient (Wildman–Crippen LogP) is 1.56. The standard InChI is InChI=1S/C13H11FN2O2/c14-7-1-4-11-9(5-7)10(6-12(17)16-11)13(18)15-8-2-3-8/h1,4-6,8H,2-3H2,(H,15,18)(H,16,17). The quantitative estimate of drug-likeness (QED) is 0.844. The lowest BCUT2D eigenvalue weighted by atomic mass is 10.1. The van der Waals surface area contributed by atoms with Gasteiger partial charge >= 0.3 is 0 Å². The van der Waals surface area contributed by atoms with E-state index in [2.05, 4.69) is 10.3 Å². The molecule has 2 aromatic rings. The monoisotopic (exact) mass is 246 g/mol. The van der Waals surface area contributed by atoms with Gasteiger partial charge in [-0.1, -0.05) is 0 Å². The molecule has 0 unspecified atom stereocenters. The van der Waals surface area contributed by atoms with Crippen LogP contribution in [-0.2, 0) is 0 Å². The number of pyridine rings is 1. The molecule has 1 amide bonds. The normalized spacial score (nSPS) is 14.7. The van der Waals surface area contributed by atoms with Crippen molar-refractivity contribution in [3.8, 4) is 0 Å². The van der Waals surface area contributed by atoms with Crippen molar-refractivity contribution < 1.29 is 9.18 Å². The second-order valence-electron chi connectivity index (χ2n) is 4.48.